The molecule has 6 nitrogen and oxygen atoms in total. The molecule has 19 heavy (non-hydrogen) atoms. The second-order valence-electron chi connectivity index (χ2n) is 5.21. The summed E-state index contributed by atoms with van der Waals surface area (Å²) in [4.78, 5) is 27.0. The van der Waals surface area contributed by atoms with E-state index in [0.29, 0.717) is 0 Å². The molecule has 3 amide bonds. The molecule has 1 aromatic rings. The van der Waals surface area contributed by atoms with E-state index in [0.717, 1.165) is 26.1 Å². The van der Waals surface area contributed by atoms with Crippen molar-refractivity contribution in [2.75, 3.05) is 19.6 Å². The summed E-state index contributed by atoms with van der Waals surface area (Å²) in [7, 11) is 2.03. The van der Waals surface area contributed by atoms with Crippen molar-refractivity contribution in [1.29, 1.82) is 0 Å². The highest BCUT2D eigenvalue weighted by Crippen LogP contribution is 2.20. The van der Waals surface area contributed by atoms with Crippen molar-refractivity contribution in [2.24, 2.45) is 7.05 Å². The fraction of sp³-hybridized carbons (Fsp3) is 0.538. The Morgan fingerprint density at radius 2 is 2.26 bits per heavy atom. The Bertz CT molecular complexity index is 494. The van der Waals surface area contributed by atoms with Crippen LogP contribution in [0.1, 0.15) is 12.1 Å². The molecule has 0 saturated carbocycles. The van der Waals surface area contributed by atoms with Gasteiger partial charge in [-0.15, -0.1) is 0 Å². The lowest BCUT2D eigenvalue weighted by atomic mass is 10.2. The topological polar surface area (TPSA) is 57.6 Å². The Kier molecular flexibility index (Phi) is 3.02. The summed E-state index contributed by atoms with van der Waals surface area (Å²) in [5.41, 5.74) is 1.25. The number of hydrogen-bond acceptors (Lipinski definition) is 3. The van der Waals surface area contributed by atoms with Gasteiger partial charge in [0.05, 0.1) is 12.6 Å². The molecule has 0 bridgehead atoms. The molecule has 1 atom stereocenters. The van der Waals surface area contributed by atoms with Crippen LogP contribution >= 0.6 is 0 Å². The van der Waals surface area contributed by atoms with Crippen LogP contribution < -0.4 is 5.32 Å². The molecule has 0 spiro atoms. The SMILES string of the molecule is Cn1cccc1CN1CCC(N2C(=O)CNC2=O)C1. The normalized spacial score (nSPS) is 24.3. The monoisotopic (exact) mass is 262 g/mol. The third kappa shape index (κ3) is 2.23. The van der Waals surface area contributed by atoms with Crippen LogP contribution in [0, 0.1) is 0 Å². The number of imide groups is 1. The highest BCUT2D eigenvalue weighted by molar-refractivity contribution is 6.02. The van der Waals surface area contributed by atoms with Crippen molar-refractivity contribution in [2.45, 2.75) is 19.0 Å². The molecule has 6 heteroatoms. The van der Waals surface area contributed by atoms with Crippen LogP contribution in [-0.4, -0.2) is 52.0 Å². The molecule has 3 heterocycles. The highest BCUT2D eigenvalue weighted by Gasteiger charge is 2.38. The second kappa shape index (κ2) is 4.70. The van der Waals surface area contributed by atoms with Crippen molar-refractivity contribution in [1.82, 2.24) is 19.7 Å². The smallest absolute Gasteiger partial charge is 0.324 e. The molecule has 2 fully saturated rings. The first-order chi connectivity index (χ1) is 9.15. The fourth-order valence-corrected chi connectivity index (χ4v) is 2.86. The molecule has 2 aliphatic rings. The highest BCUT2D eigenvalue weighted by atomic mass is 16.2. The molecular formula is C13H18N4O2. The number of amides is 3. The molecule has 0 radical (unpaired) electrons. The summed E-state index contributed by atoms with van der Waals surface area (Å²) in [5, 5.41) is 2.58. The second-order valence-corrected chi connectivity index (χ2v) is 5.21. The van der Waals surface area contributed by atoms with Gasteiger partial charge in [0, 0.05) is 38.6 Å². The largest absolute Gasteiger partial charge is 0.353 e. The van der Waals surface area contributed by atoms with Crippen molar-refractivity contribution in [3.05, 3.63) is 24.0 Å². The Labute approximate surface area is 112 Å². The first-order valence-electron chi connectivity index (χ1n) is 6.57. The van der Waals surface area contributed by atoms with E-state index in [1.807, 2.05) is 19.3 Å². The van der Waals surface area contributed by atoms with Crippen LogP contribution in [0.4, 0.5) is 4.79 Å². The Morgan fingerprint density at radius 1 is 1.42 bits per heavy atom. The first kappa shape index (κ1) is 12.2. The number of carbonyl (C=O) groups excluding carboxylic acids is 2. The standard InChI is InChI=1S/C13H18N4O2/c1-15-5-2-3-10(15)8-16-6-4-11(9-16)17-12(18)7-14-13(17)19/h2-3,5,11H,4,6-9H2,1H3,(H,14,19). The minimum Gasteiger partial charge on any atom is -0.353 e. The number of likely N-dealkylation sites (tertiary alicyclic amines) is 1. The Hall–Kier alpha value is -1.82. The average molecular weight is 262 g/mol. The zero-order chi connectivity index (χ0) is 13.4. The maximum absolute atomic E-state index is 11.7. The molecule has 0 aromatic carbocycles. The van der Waals surface area contributed by atoms with Gasteiger partial charge < -0.3 is 9.88 Å². The third-order valence-electron chi connectivity index (χ3n) is 3.93. The van der Waals surface area contributed by atoms with E-state index in [1.165, 1.54) is 10.6 Å². The minimum atomic E-state index is -0.240. The lowest BCUT2D eigenvalue weighted by Crippen LogP contribution is -2.42. The lowest BCUT2D eigenvalue weighted by Gasteiger charge is -2.21. The summed E-state index contributed by atoms with van der Waals surface area (Å²) in [6.45, 7) is 2.70. The lowest BCUT2D eigenvalue weighted by molar-refractivity contribution is -0.126. The summed E-state index contributed by atoms with van der Waals surface area (Å²) in [6.07, 6.45) is 2.89. The minimum absolute atomic E-state index is 0.0234. The number of aryl methyl sites for hydroxylation is 1. The summed E-state index contributed by atoms with van der Waals surface area (Å²) < 4.78 is 2.10. The van der Waals surface area contributed by atoms with Crippen LogP contribution in [-0.2, 0) is 18.4 Å². The van der Waals surface area contributed by atoms with Gasteiger partial charge >= 0.3 is 6.03 Å². The van der Waals surface area contributed by atoms with Crippen LogP contribution in [0.15, 0.2) is 18.3 Å². The van der Waals surface area contributed by atoms with E-state index in [2.05, 4.69) is 20.9 Å². The van der Waals surface area contributed by atoms with Gasteiger partial charge in [-0.25, -0.2) is 4.79 Å². The van der Waals surface area contributed by atoms with Gasteiger partial charge in [0.15, 0.2) is 0 Å². The number of urea groups is 1. The Morgan fingerprint density at radius 3 is 2.89 bits per heavy atom. The summed E-state index contributed by atoms with van der Waals surface area (Å²) in [5.74, 6) is -0.101. The zero-order valence-electron chi connectivity index (χ0n) is 11.0. The zero-order valence-corrected chi connectivity index (χ0v) is 11.0. The molecule has 2 aliphatic heterocycles. The molecule has 1 unspecified atom stereocenters. The molecule has 1 aromatic heterocycles. The molecule has 2 saturated heterocycles. The number of aromatic nitrogens is 1. The average Bonchev–Trinajstić information content (AvgIpc) is 3.05. The number of nitrogens with one attached hydrogen (secondary N) is 1. The predicted molar refractivity (Wildman–Crippen MR) is 69.3 cm³/mol. The Balaban J connectivity index is 1.63. The fourth-order valence-electron chi connectivity index (χ4n) is 2.86. The number of nitrogens with zero attached hydrogens (tertiary/aromatic N) is 3. The van der Waals surface area contributed by atoms with Crippen molar-refractivity contribution < 1.29 is 9.59 Å². The summed E-state index contributed by atoms with van der Waals surface area (Å²) in [6, 6.07) is 3.91. The van der Waals surface area contributed by atoms with E-state index in [1.54, 1.807) is 0 Å². The van der Waals surface area contributed by atoms with Gasteiger partial charge in [0.2, 0.25) is 5.91 Å². The first-order valence-corrected chi connectivity index (χ1v) is 6.57. The van der Waals surface area contributed by atoms with E-state index in [9.17, 15) is 9.59 Å². The number of hydrogen-bond donors (Lipinski definition) is 1. The van der Waals surface area contributed by atoms with Gasteiger partial charge in [0.1, 0.15) is 0 Å². The quantitative estimate of drug-likeness (QED) is 0.789. The van der Waals surface area contributed by atoms with Gasteiger partial charge in [-0.05, 0) is 18.6 Å². The molecule has 102 valence electrons. The van der Waals surface area contributed by atoms with Crippen LogP contribution in [0.25, 0.3) is 0 Å². The van der Waals surface area contributed by atoms with Crippen LogP contribution in [0.3, 0.4) is 0 Å². The van der Waals surface area contributed by atoms with Gasteiger partial charge in [-0.2, -0.15) is 0 Å². The van der Waals surface area contributed by atoms with Gasteiger partial charge in [0.25, 0.3) is 0 Å². The van der Waals surface area contributed by atoms with E-state index in [4.69, 9.17) is 0 Å². The van der Waals surface area contributed by atoms with Crippen molar-refractivity contribution in [3.8, 4) is 0 Å². The van der Waals surface area contributed by atoms with Gasteiger partial charge in [-0.3, -0.25) is 14.6 Å². The van der Waals surface area contributed by atoms with Crippen molar-refractivity contribution in [3.63, 3.8) is 0 Å². The molecule has 1 N–H and O–H groups in total. The van der Waals surface area contributed by atoms with E-state index in [-0.39, 0.29) is 24.5 Å². The third-order valence-corrected chi connectivity index (χ3v) is 3.93. The molecule has 0 aliphatic carbocycles. The maximum atomic E-state index is 11.7. The number of carbonyl (C=O) groups is 2. The maximum Gasteiger partial charge on any atom is 0.324 e. The van der Waals surface area contributed by atoms with Crippen molar-refractivity contribution >= 4 is 11.9 Å². The molecular weight excluding hydrogens is 244 g/mol. The molecule has 3 rings (SSSR count). The van der Waals surface area contributed by atoms with Crippen LogP contribution in [0.5, 0.6) is 0 Å². The predicted octanol–water partition coefficient (Wildman–Crippen LogP) is 0.151. The number of rotatable bonds is 3. The van der Waals surface area contributed by atoms with E-state index < -0.39 is 0 Å². The van der Waals surface area contributed by atoms with E-state index >= 15 is 0 Å². The summed E-state index contributed by atoms with van der Waals surface area (Å²) >= 11 is 0. The van der Waals surface area contributed by atoms with Gasteiger partial charge in [-0.1, -0.05) is 0 Å². The van der Waals surface area contributed by atoms with Crippen LogP contribution in [0.2, 0.25) is 0 Å².